The summed E-state index contributed by atoms with van der Waals surface area (Å²) >= 11 is 0. The van der Waals surface area contributed by atoms with E-state index in [-0.39, 0.29) is 18.5 Å². The fourth-order valence-corrected chi connectivity index (χ4v) is 7.96. The molecule has 0 spiro atoms. The maximum atomic E-state index is 12.4. The van der Waals surface area contributed by atoms with Crippen LogP contribution in [0, 0.1) is 0 Å². The number of esters is 1. The first-order chi connectivity index (χ1) is 29.0. The lowest BCUT2D eigenvalue weighted by Gasteiger charge is -2.22. The number of ether oxygens (including phenoxy) is 1. The SMILES string of the molecule is CCCCC/C=C\C/C=C\CCCCCCCCCC(=O)OCCCCCCCCCCCCCCCCC(=O)NC(CO)C(O)CCCCCCCCCCCCC. The fraction of sp³-hybridized carbons (Fsp3) is 0.887. The molecule has 2 unspecified atom stereocenters. The van der Waals surface area contributed by atoms with Crippen LogP contribution < -0.4 is 5.32 Å². The zero-order chi connectivity index (χ0) is 43.0. The van der Waals surface area contributed by atoms with Crippen LogP contribution in [0.5, 0.6) is 0 Å². The van der Waals surface area contributed by atoms with Gasteiger partial charge in [-0.2, -0.15) is 0 Å². The van der Waals surface area contributed by atoms with Gasteiger partial charge in [-0.25, -0.2) is 0 Å². The van der Waals surface area contributed by atoms with E-state index in [0.717, 1.165) is 57.8 Å². The zero-order valence-electron chi connectivity index (χ0n) is 39.5. The Morgan fingerprint density at radius 3 is 1.32 bits per heavy atom. The summed E-state index contributed by atoms with van der Waals surface area (Å²) in [6.07, 6.45) is 57.2. The van der Waals surface area contributed by atoms with Crippen LogP contribution in [0.4, 0.5) is 0 Å². The quantitative estimate of drug-likeness (QED) is 0.0322. The number of carbonyl (C=O) groups is 2. The van der Waals surface area contributed by atoms with Crippen molar-refractivity contribution in [3.05, 3.63) is 24.3 Å². The molecule has 59 heavy (non-hydrogen) atoms. The van der Waals surface area contributed by atoms with Crippen molar-refractivity contribution in [3.8, 4) is 0 Å². The molecule has 0 bridgehead atoms. The average Bonchev–Trinajstić information content (AvgIpc) is 3.24. The number of rotatable bonds is 48. The Labute approximate surface area is 367 Å². The first-order valence-electron chi connectivity index (χ1n) is 26.1. The molecule has 0 saturated carbocycles. The number of aliphatic hydroxyl groups is 2. The highest BCUT2D eigenvalue weighted by Gasteiger charge is 2.20. The molecule has 0 aliphatic heterocycles. The molecule has 0 aromatic heterocycles. The lowest BCUT2D eigenvalue weighted by atomic mass is 10.0. The van der Waals surface area contributed by atoms with E-state index >= 15 is 0 Å². The van der Waals surface area contributed by atoms with E-state index in [1.54, 1.807) is 0 Å². The second-order valence-corrected chi connectivity index (χ2v) is 17.9. The number of allylic oxidation sites excluding steroid dienone is 4. The summed E-state index contributed by atoms with van der Waals surface area (Å²) < 4.78 is 5.47. The summed E-state index contributed by atoms with van der Waals surface area (Å²) in [5.74, 6) is -0.0572. The standard InChI is InChI=1S/C53H101NO5/c1-3-5-7-9-11-13-15-16-17-18-19-23-27-31-35-39-43-47-53(58)59-48-44-40-36-32-28-24-21-20-22-26-30-34-38-42-46-52(57)54-50(49-55)51(56)45-41-37-33-29-25-14-12-10-8-6-4-2/h11,13,16-17,50-51,55-56H,3-10,12,14-15,18-49H2,1-2H3,(H,54,57)/b13-11-,17-16-. The van der Waals surface area contributed by atoms with Gasteiger partial charge in [0, 0.05) is 12.8 Å². The van der Waals surface area contributed by atoms with E-state index in [2.05, 4.69) is 43.5 Å². The van der Waals surface area contributed by atoms with Crippen molar-refractivity contribution in [2.75, 3.05) is 13.2 Å². The molecule has 2 atom stereocenters. The molecule has 0 aromatic rings. The molecule has 0 heterocycles. The summed E-state index contributed by atoms with van der Waals surface area (Å²) in [4.78, 5) is 24.5. The molecule has 3 N–H and O–H groups in total. The minimum Gasteiger partial charge on any atom is -0.466 e. The number of hydrogen-bond donors (Lipinski definition) is 3. The monoisotopic (exact) mass is 832 g/mol. The van der Waals surface area contributed by atoms with Crippen LogP contribution in [-0.4, -0.2) is 47.4 Å². The first kappa shape index (κ1) is 57.3. The zero-order valence-corrected chi connectivity index (χ0v) is 39.5. The van der Waals surface area contributed by atoms with Gasteiger partial charge in [-0.1, -0.05) is 231 Å². The van der Waals surface area contributed by atoms with Crippen LogP contribution in [0.1, 0.15) is 277 Å². The average molecular weight is 832 g/mol. The second kappa shape index (κ2) is 49.0. The highest BCUT2D eigenvalue weighted by molar-refractivity contribution is 5.76. The van der Waals surface area contributed by atoms with Gasteiger partial charge in [-0.05, 0) is 57.8 Å². The Morgan fingerprint density at radius 2 is 0.847 bits per heavy atom. The maximum absolute atomic E-state index is 12.4. The highest BCUT2D eigenvalue weighted by atomic mass is 16.5. The summed E-state index contributed by atoms with van der Waals surface area (Å²) in [6.45, 7) is 4.89. The van der Waals surface area contributed by atoms with Crippen molar-refractivity contribution in [1.29, 1.82) is 0 Å². The minimum absolute atomic E-state index is 0.0102. The van der Waals surface area contributed by atoms with Crippen LogP contribution in [0.15, 0.2) is 24.3 Å². The molecule has 348 valence electrons. The minimum atomic E-state index is -0.670. The summed E-state index contributed by atoms with van der Waals surface area (Å²) in [5, 5.41) is 23.1. The molecule has 0 fully saturated rings. The Kier molecular flexibility index (Phi) is 47.6. The van der Waals surface area contributed by atoms with Crippen molar-refractivity contribution in [1.82, 2.24) is 5.32 Å². The molecule has 0 saturated heterocycles. The first-order valence-corrected chi connectivity index (χ1v) is 26.1. The largest absolute Gasteiger partial charge is 0.466 e. The molecule has 0 rings (SSSR count). The maximum Gasteiger partial charge on any atom is 0.305 e. The van der Waals surface area contributed by atoms with Crippen molar-refractivity contribution in [2.24, 2.45) is 0 Å². The van der Waals surface area contributed by atoms with Gasteiger partial charge in [-0.15, -0.1) is 0 Å². The van der Waals surface area contributed by atoms with E-state index in [1.807, 2.05) is 0 Å². The Balaban J connectivity index is 3.42. The van der Waals surface area contributed by atoms with Crippen LogP contribution in [0.2, 0.25) is 0 Å². The summed E-state index contributed by atoms with van der Waals surface area (Å²) in [7, 11) is 0. The number of amides is 1. The lowest BCUT2D eigenvalue weighted by Crippen LogP contribution is -2.45. The van der Waals surface area contributed by atoms with Crippen molar-refractivity contribution >= 4 is 11.9 Å². The van der Waals surface area contributed by atoms with Crippen LogP contribution >= 0.6 is 0 Å². The normalized spacial score (nSPS) is 12.8. The molecular formula is C53H101NO5. The number of carbonyl (C=O) groups excluding carboxylic acids is 2. The second-order valence-electron chi connectivity index (χ2n) is 17.9. The van der Waals surface area contributed by atoms with Gasteiger partial charge in [0.25, 0.3) is 0 Å². The summed E-state index contributed by atoms with van der Waals surface area (Å²) in [6, 6.07) is -0.548. The Bertz CT molecular complexity index is 920. The van der Waals surface area contributed by atoms with E-state index in [9.17, 15) is 19.8 Å². The number of unbranched alkanes of at least 4 members (excludes halogenated alkanes) is 33. The predicted octanol–water partition coefficient (Wildman–Crippen LogP) is 15.5. The summed E-state index contributed by atoms with van der Waals surface area (Å²) in [5.41, 5.74) is 0. The van der Waals surface area contributed by atoms with Crippen molar-refractivity contribution < 1.29 is 24.5 Å². The molecule has 0 radical (unpaired) electrons. The molecule has 1 amide bonds. The third-order valence-electron chi connectivity index (χ3n) is 12.0. The fourth-order valence-electron chi connectivity index (χ4n) is 7.96. The third kappa shape index (κ3) is 45.7. The van der Waals surface area contributed by atoms with Gasteiger partial charge in [0.2, 0.25) is 5.91 Å². The third-order valence-corrected chi connectivity index (χ3v) is 12.0. The molecule has 6 heteroatoms. The topological polar surface area (TPSA) is 95.9 Å². The Morgan fingerprint density at radius 1 is 0.475 bits per heavy atom. The molecule has 0 aliphatic rings. The van der Waals surface area contributed by atoms with Gasteiger partial charge in [0.1, 0.15) is 0 Å². The smallest absolute Gasteiger partial charge is 0.305 e. The van der Waals surface area contributed by atoms with Crippen LogP contribution in [-0.2, 0) is 14.3 Å². The van der Waals surface area contributed by atoms with Crippen LogP contribution in [0.25, 0.3) is 0 Å². The van der Waals surface area contributed by atoms with E-state index in [4.69, 9.17) is 4.74 Å². The van der Waals surface area contributed by atoms with E-state index in [0.29, 0.717) is 25.9 Å². The number of hydrogen-bond acceptors (Lipinski definition) is 5. The predicted molar refractivity (Wildman–Crippen MR) is 255 cm³/mol. The molecule has 0 aliphatic carbocycles. The highest BCUT2D eigenvalue weighted by Crippen LogP contribution is 2.16. The Hall–Kier alpha value is -1.66. The van der Waals surface area contributed by atoms with E-state index in [1.165, 1.54) is 186 Å². The van der Waals surface area contributed by atoms with Gasteiger partial charge >= 0.3 is 5.97 Å². The van der Waals surface area contributed by atoms with Gasteiger partial charge in [0.15, 0.2) is 0 Å². The molecule has 6 nitrogen and oxygen atoms in total. The molecular weight excluding hydrogens is 731 g/mol. The van der Waals surface area contributed by atoms with E-state index < -0.39 is 12.1 Å². The van der Waals surface area contributed by atoms with Gasteiger partial charge < -0.3 is 20.3 Å². The molecule has 0 aromatic carbocycles. The van der Waals surface area contributed by atoms with Crippen LogP contribution in [0.3, 0.4) is 0 Å². The van der Waals surface area contributed by atoms with Gasteiger partial charge in [0.05, 0.1) is 25.4 Å². The number of aliphatic hydroxyl groups excluding tert-OH is 2. The number of nitrogens with one attached hydrogen (secondary N) is 1. The van der Waals surface area contributed by atoms with Crippen molar-refractivity contribution in [2.45, 2.75) is 289 Å². The van der Waals surface area contributed by atoms with Gasteiger partial charge in [-0.3, -0.25) is 9.59 Å². The van der Waals surface area contributed by atoms with Crippen molar-refractivity contribution in [3.63, 3.8) is 0 Å². The lowest BCUT2D eigenvalue weighted by molar-refractivity contribution is -0.143.